The number of halogens is 1. The van der Waals surface area contributed by atoms with Gasteiger partial charge in [0.1, 0.15) is 5.82 Å². The van der Waals surface area contributed by atoms with Crippen molar-refractivity contribution in [2.24, 2.45) is 0 Å². The van der Waals surface area contributed by atoms with Crippen molar-refractivity contribution in [1.29, 1.82) is 0 Å². The van der Waals surface area contributed by atoms with Gasteiger partial charge in [0.15, 0.2) is 0 Å². The Morgan fingerprint density at radius 2 is 2.20 bits per heavy atom. The molecule has 2 rings (SSSR count). The number of thioether (sulfide) groups is 1. The molecule has 1 aliphatic carbocycles. The molecule has 0 spiro atoms. The predicted molar refractivity (Wildman–Crippen MR) is 60.3 cm³/mol. The summed E-state index contributed by atoms with van der Waals surface area (Å²) in [6.45, 7) is 0. The SMILES string of the molecule is Nc1ccc(SC2CCCC2O)c(F)c1. The van der Waals surface area contributed by atoms with Crippen molar-refractivity contribution >= 4 is 17.4 Å². The summed E-state index contributed by atoms with van der Waals surface area (Å²) in [7, 11) is 0. The number of nitrogens with two attached hydrogens (primary N) is 1. The van der Waals surface area contributed by atoms with Crippen molar-refractivity contribution in [3.63, 3.8) is 0 Å². The van der Waals surface area contributed by atoms with Gasteiger partial charge in [-0.3, -0.25) is 0 Å². The van der Waals surface area contributed by atoms with Gasteiger partial charge < -0.3 is 10.8 Å². The molecule has 2 unspecified atom stereocenters. The molecule has 82 valence electrons. The van der Waals surface area contributed by atoms with E-state index in [1.54, 1.807) is 12.1 Å². The molecule has 15 heavy (non-hydrogen) atoms. The molecule has 0 heterocycles. The highest BCUT2D eigenvalue weighted by molar-refractivity contribution is 8.00. The third-order valence-electron chi connectivity index (χ3n) is 2.65. The second kappa shape index (κ2) is 4.41. The maximum absolute atomic E-state index is 13.4. The summed E-state index contributed by atoms with van der Waals surface area (Å²) in [5.41, 5.74) is 5.90. The molecule has 2 nitrogen and oxygen atoms in total. The van der Waals surface area contributed by atoms with Crippen LogP contribution in [0.15, 0.2) is 23.1 Å². The van der Waals surface area contributed by atoms with Crippen molar-refractivity contribution in [2.75, 3.05) is 5.73 Å². The van der Waals surface area contributed by atoms with Gasteiger partial charge in [0, 0.05) is 15.8 Å². The lowest BCUT2D eigenvalue weighted by Crippen LogP contribution is -2.15. The molecule has 0 aliphatic heterocycles. The number of aliphatic hydroxyl groups is 1. The Bertz CT molecular complexity index is 358. The van der Waals surface area contributed by atoms with E-state index >= 15 is 0 Å². The maximum atomic E-state index is 13.4. The van der Waals surface area contributed by atoms with Crippen molar-refractivity contribution in [3.8, 4) is 0 Å². The summed E-state index contributed by atoms with van der Waals surface area (Å²) in [5.74, 6) is -0.292. The molecule has 0 saturated heterocycles. The Morgan fingerprint density at radius 3 is 2.80 bits per heavy atom. The first kappa shape index (κ1) is 10.8. The molecule has 0 amide bonds. The lowest BCUT2D eigenvalue weighted by molar-refractivity contribution is 0.188. The van der Waals surface area contributed by atoms with Crippen LogP contribution >= 0.6 is 11.8 Å². The minimum atomic E-state index is -0.299. The highest BCUT2D eigenvalue weighted by atomic mass is 32.2. The number of nitrogen functional groups attached to an aromatic ring is 1. The van der Waals surface area contributed by atoms with E-state index in [1.165, 1.54) is 17.8 Å². The molecule has 0 bridgehead atoms. The van der Waals surface area contributed by atoms with Crippen molar-refractivity contribution < 1.29 is 9.50 Å². The van der Waals surface area contributed by atoms with E-state index < -0.39 is 0 Å². The van der Waals surface area contributed by atoms with Crippen LogP contribution in [0.2, 0.25) is 0 Å². The van der Waals surface area contributed by atoms with Gasteiger partial charge in [-0.15, -0.1) is 11.8 Å². The number of hydrogen-bond donors (Lipinski definition) is 2. The highest BCUT2D eigenvalue weighted by Gasteiger charge is 2.26. The van der Waals surface area contributed by atoms with Crippen LogP contribution in [-0.4, -0.2) is 16.5 Å². The summed E-state index contributed by atoms with van der Waals surface area (Å²) in [4.78, 5) is 0.579. The summed E-state index contributed by atoms with van der Waals surface area (Å²) in [6.07, 6.45) is 2.51. The van der Waals surface area contributed by atoms with E-state index in [-0.39, 0.29) is 17.2 Å². The van der Waals surface area contributed by atoms with Gasteiger partial charge in [-0.05, 0) is 37.5 Å². The van der Waals surface area contributed by atoms with Gasteiger partial charge in [0.2, 0.25) is 0 Å². The number of rotatable bonds is 2. The lowest BCUT2D eigenvalue weighted by Gasteiger charge is -2.14. The van der Waals surface area contributed by atoms with Crippen molar-refractivity contribution in [3.05, 3.63) is 24.0 Å². The molecule has 1 saturated carbocycles. The fraction of sp³-hybridized carbons (Fsp3) is 0.455. The predicted octanol–water partition coefficient (Wildman–Crippen LogP) is 2.41. The third kappa shape index (κ3) is 2.44. The first-order valence-electron chi connectivity index (χ1n) is 5.06. The van der Waals surface area contributed by atoms with Crippen LogP contribution in [-0.2, 0) is 0 Å². The van der Waals surface area contributed by atoms with Gasteiger partial charge in [-0.2, -0.15) is 0 Å². The maximum Gasteiger partial charge on any atom is 0.138 e. The molecule has 0 radical (unpaired) electrons. The Hall–Kier alpha value is -0.740. The summed E-state index contributed by atoms with van der Waals surface area (Å²) < 4.78 is 13.4. The number of benzene rings is 1. The Kier molecular flexibility index (Phi) is 3.17. The van der Waals surface area contributed by atoms with E-state index in [1.807, 2.05) is 0 Å². The molecule has 1 aromatic carbocycles. The zero-order valence-corrected chi connectivity index (χ0v) is 9.14. The Morgan fingerprint density at radius 1 is 1.40 bits per heavy atom. The van der Waals surface area contributed by atoms with E-state index in [2.05, 4.69) is 0 Å². The highest BCUT2D eigenvalue weighted by Crippen LogP contribution is 2.36. The summed E-state index contributed by atoms with van der Waals surface area (Å²) in [6, 6.07) is 4.69. The second-order valence-electron chi connectivity index (χ2n) is 3.84. The molecule has 0 aromatic heterocycles. The lowest BCUT2D eigenvalue weighted by atomic mass is 10.3. The van der Waals surface area contributed by atoms with Crippen LogP contribution in [0, 0.1) is 5.82 Å². The monoisotopic (exact) mass is 227 g/mol. The topological polar surface area (TPSA) is 46.2 Å². The average Bonchev–Trinajstić information content (AvgIpc) is 2.57. The summed E-state index contributed by atoms with van der Waals surface area (Å²) >= 11 is 1.41. The van der Waals surface area contributed by atoms with Crippen LogP contribution in [0.25, 0.3) is 0 Å². The van der Waals surface area contributed by atoms with Crippen LogP contribution in [0.4, 0.5) is 10.1 Å². The molecule has 3 N–H and O–H groups in total. The first-order valence-corrected chi connectivity index (χ1v) is 5.94. The van der Waals surface area contributed by atoms with E-state index in [0.29, 0.717) is 10.6 Å². The molecular weight excluding hydrogens is 213 g/mol. The zero-order chi connectivity index (χ0) is 10.8. The number of anilines is 1. The molecule has 1 aromatic rings. The van der Waals surface area contributed by atoms with Crippen LogP contribution in [0.1, 0.15) is 19.3 Å². The standard InChI is InChI=1S/C11H14FNOS/c12-8-6-7(13)4-5-10(8)15-11-3-1-2-9(11)14/h4-6,9,11,14H,1-3,13H2. The van der Waals surface area contributed by atoms with Gasteiger partial charge in [0.25, 0.3) is 0 Å². The normalized spacial score (nSPS) is 25.7. The van der Waals surface area contributed by atoms with E-state index in [0.717, 1.165) is 19.3 Å². The molecular formula is C11H14FNOS. The fourth-order valence-corrected chi connectivity index (χ4v) is 3.04. The molecule has 1 aliphatic rings. The van der Waals surface area contributed by atoms with Crippen molar-refractivity contribution in [1.82, 2.24) is 0 Å². The van der Waals surface area contributed by atoms with Gasteiger partial charge >= 0.3 is 0 Å². The van der Waals surface area contributed by atoms with Crippen molar-refractivity contribution in [2.45, 2.75) is 35.5 Å². The quantitative estimate of drug-likeness (QED) is 0.763. The van der Waals surface area contributed by atoms with Gasteiger partial charge in [-0.1, -0.05) is 0 Å². The molecule has 4 heteroatoms. The summed E-state index contributed by atoms with van der Waals surface area (Å²) in [5, 5.41) is 9.76. The number of aliphatic hydroxyl groups excluding tert-OH is 1. The Balaban J connectivity index is 2.10. The van der Waals surface area contributed by atoms with Gasteiger partial charge in [-0.25, -0.2) is 4.39 Å². The molecule has 1 fully saturated rings. The average molecular weight is 227 g/mol. The second-order valence-corrected chi connectivity index (χ2v) is 5.13. The fourth-order valence-electron chi connectivity index (χ4n) is 1.82. The smallest absolute Gasteiger partial charge is 0.138 e. The van der Waals surface area contributed by atoms with Gasteiger partial charge in [0.05, 0.1) is 6.10 Å². The minimum absolute atomic E-state index is 0.128. The number of hydrogen-bond acceptors (Lipinski definition) is 3. The first-order chi connectivity index (χ1) is 7.16. The third-order valence-corrected chi connectivity index (χ3v) is 4.09. The van der Waals surface area contributed by atoms with E-state index in [9.17, 15) is 9.50 Å². The van der Waals surface area contributed by atoms with Crippen LogP contribution < -0.4 is 5.73 Å². The zero-order valence-electron chi connectivity index (χ0n) is 8.32. The molecule has 2 atom stereocenters. The van der Waals surface area contributed by atoms with E-state index in [4.69, 9.17) is 5.73 Å². The van der Waals surface area contributed by atoms with Crippen LogP contribution in [0.3, 0.4) is 0 Å². The Labute approximate surface area is 92.7 Å². The van der Waals surface area contributed by atoms with Crippen LogP contribution in [0.5, 0.6) is 0 Å². The minimum Gasteiger partial charge on any atom is -0.399 e. The largest absolute Gasteiger partial charge is 0.399 e.